The van der Waals surface area contributed by atoms with E-state index in [1.165, 1.54) is 7.69 Å². The highest BCUT2D eigenvalue weighted by Crippen LogP contribution is 2.06. The monoisotopic (exact) mass is 175 g/mol. The van der Waals surface area contributed by atoms with Gasteiger partial charge in [-0.05, 0) is 24.3 Å². The Morgan fingerprint density at radius 1 is 0.923 bits per heavy atom. The highest BCUT2D eigenvalue weighted by atomic mass is 16.6. The summed E-state index contributed by atoms with van der Waals surface area (Å²) in [5.74, 6) is 1.29. The first-order chi connectivity index (χ1) is 6.45. The lowest BCUT2D eigenvalue weighted by molar-refractivity contribution is 0.442. The number of hydrogen-bond donors (Lipinski definition) is 2. The van der Waals surface area contributed by atoms with Crippen LogP contribution < -0.4 is 9.31 Å². The maximum atomic E-state index is 5.10. The van der Waals surface area contributed by atoms with Gasteiger partial charge in [-0.15, -0.1) is 0 Å². The first-order valence-electron chi connectivity index (χ1n) is 3.87. The molecule has 0 unspecified atom stereocenters. The Balaban J connectivity index is 1.76. The molecule has 0 amide bonds. The van der Waals surface area contributed by atoms with Crippen LogP contribution >= 0.6 is 0 Å². The molecule has 0 aromatic carbocycles. The smallest absolute Gasteiger partial charge is 0.514 e. The lowest BCUT2D eigenvalue weighted by Gasteiger charge is -2.01. The van der Waals surface area contributed by atoms with Gasteiger partial charge in [-0.25, -0.2) is 0 Å². The minimum Gasteiger partial charge on any atom is -0.514 e. The zero-order valence-corrected chi connectivity index (χ0v) is 6.86. The van der Waals surface area contributed by atoms with Crippen LogP contribution in [0.2, 0.25) is 0 Å². The van der Waals surface area contributed by atoms with Crippen LogP contribution in [0.4, 0.5) is 0 Å². The van der Waals surface area contributed by atoms with Crippen LogP contribution in [-0.4, -0.2) is 17.7 Å². The Kier molecular flexibility index (Phi) is 2.27. The predicted octanol–water partition coefficient (Wildman–Crippen LogP) is 1.33. The van der Waals surface area contributed by atoms with E-state index < -0.39 is 0 Å². The molecule has 0 fully saturated rings. The Hall–Kier alpha value is -1.78. The summed E-state index contributed by atoms with van der Waals surface area (Å²) in [6, 6.07) is 7.29. The van der Waals surface area contributed by atoms with Crippen molar-refractivity contribution in [3.8, 4) is 11.8 Å². The molecular weight excluding hydrogens is 167 g/mol. The first-order valence-corrected chi connectivity index (χ1v) is 3.87. The molecule has 0 saturated heterocycles. The van der Waals surface area contributed by atoms with Crippen molar-refractivity contribution in [2.45, 2.75) is 0 Å². The summed E-state index contributed by atoms with van der Waals surface area (Å²) in [5.41, 5.74) is 0. The van der Waals surface area contributed by atoms with E-state index in [0.717, 1.165) is 0 Å². The fourth-order valence-corrected chi connectivity index (χ4v) is 0.902. The Bertz CT molecular complexity index is 297. The van der Waals surface area contributed by atoms with E-state index in [0.29, 0.717) is 11.8 Å². The van der Waals surface area contributed by atoms with Gasteiger partial charge in [-0.3, -0.25) is 0 Å². The maximum Gasteiger partial charge on any atom is 0.660 e. The molecule has 65 valence electrons. The van der Waals surface area contributed by atoms with Crippen LogP contribution in [0.25, 0.3) is 0 Å². The summed E-state index contributed by atoms with van der Waals surface area (Å²) in [6.07, 6.45) is 3.55. The van der Waals surface area contributed by atoms with E-state index in [1.807, 2.05) is 12.1 Å². The molecule has 4 nitrogen and oxygen atoms in total. The molecule has 0 saturated carbocycles. The third-order valence-corrected chi connectivity index (χ3v) is 1.49. The van der Waals surface area contributed by atoms with Crippen molar-refractivity contribution >= 4 is 7.69 Å². The largest absolute Gasteiger partial charge is 0.660 e. The van der Waals surface area contributed by atoms with Crippen molar-refractivity contribution in [2.24, 2.45) is 0 Å². The van der Waals surface area contributed by atoms with Gasteiger partial charge in [0.05, 0.1) is 0 Å². The lowest BCUT2D eigenvalue weighted by atomic mass is 10.4. The molecule has 2 heterocycles. The van der Waals surface area contributed by atoms with Gasteiger partial charge < -0.3 is 19.3 Å². The second-order valence-corrected chi connectivity index (χ2v) is 2.40. The van der Waals surface area contributed by atoms with Crippen molar-refractivity contribution in [1.82, 2.24) is 9.97 Å². The summed E-state index contributed by atoms with van der Waals surface area (Å²) >= 11 is 0. The first kappa shape index (κ1) is 7.85. The molecule has 2 rings (SSSR count). The average Bonchev–Trinajstić information content (AvgIpc) is 2.75. The Morgan fingerprint density at radius 3 is 1.85 bits per heavy atom. The Morgan fingerprint density at radius 2 is 1.46 bits per heavy atom. The van der Waals surface area contributed by atoms with Gasteiger partial charge >= 0.3 is 7.69 Å². The second kappa shape index (κ2) is 3.75. The number of nitrogens with one attached hydrogen (secondary N) is 2. The fraction of sp³-hybridized carbons (Fsp3) is 0. The van der Waals surface area contributed by atoms with Crippen molar-refractivity contribution in [3.63, 3.8) is 0 Å². The highest BCUT2D eigenvalue weighted by Gasteiger charge is 2.00. The normalized spacial score (nSPS) is 9.54. The van der Waals surface area contributed by atoms with Gasteiger partial charge in [-0.1, -0.05) is 0 Å². The summed E-state index contributed by atoms with van der Waals surface area (Å²) in [4.78, 5) is 5.75. The average molecular weight is 175 g/mol. The lowest BCUT2D eigenvalue weighted by Crippen LogP contribution is -2.11. The van der Waals surface area contributed by atoms with E-state index in [1.54, 1.807) is 24.5 Å². The molecule has 2 aromatic heterocycles. The van der Waals surface area contributed by atoms with Crippen LogP contribution in [0.3, 0.4) is 0 Å². The molecule has 5 heteroatoms. The summed E-state index contributed by atoms with van der Waals surface area (Å²) in [7, 11) is 1.26. The molecule has 0 spiro atoms. The zero-order chi connectivity index (χ0) is 8.93. The molecule has 0 aliphatic carbocycles. The highest BCUT2D eigenvalue weighted by molar-refractivity contribution is 6.20. The van der Waals surface area contributed by atoms with E-state index in [4.69, 9.17) is 9.31 Å². The van der Waals surface area contributed by atoms with Gasteiger partial charge in [0.15, 0.2) is 11.8 Å². The van der Waals surface area contributed by atoms with E-state index in [-0.39, 0.29) is 0 Å². The molecule has 0 aliphatic rings. The molecule has 13 heavy (non-hydrogen) atoms. The number of H-pyrrole nitrogens is 2. The molecule has 0 aliphatic heterocycles. The third kappa shape index (κ3) is 2.08. The standard InChI is InChI=1S/C8H8BN2O2/c1-3-7(10-5-1)12-9-13-8-4-2-6-11-8/h1-6,10-11H. The number of hydrogen-bond acceptors (Lipinski definition) is 2. The third-order valence-electron chi connectivity index (χ3n) is 1.49. The topological polar surface area (TPSA) is 50.0 Å². The molecular formula is C8H8BN2O2. The van der Waals surface area contributed by atoms with Crippen molar-refractivity contribution < 1.29 is 9.31 Å². The predicted molar refractivity (Wildman–Crippen MR) is 48.6 cm³/mol. The molecule has 0 atom stereocenters. The summed E-state index contributed by atoms with van der Waals surface area (Å²) in [6.45, 7) is 0. The summed E-state index contributed by atoms with van der Waals surface area (Å²) in [5, 5.41) is 0. The molecule has 0 bridgehead atoms. The number of aromatic amines is 2. The SMILES string of the molecule is [B](Oc1ccc[nH]1)Oc1ccc[nH]1. The van der Waals surface area contributed by atoms with Gasteiger partial charge in [0.2, 0.25) is 0 Å². The zero-order valence-electron chi connectivity index (χ0n) is 6.86. The van der Waals surface area contributed by atoms with Gasteiger partial charge in [-0.2, -0.15) is 0 Å². The van der Waals surface area contributed by atoms with Crippen LogP contribution in [0.1, 0.15) is 0 Å². The number of aromatic nitrogens is 2. The molecule has 2 aromatic rings. The van der Waals surface area contributed by atoms with Crippen molar-refractivity contribution in [3.05, 3.63) is 36.7 Å². The van der Waals surface area contributed by atoms with Gasteiger partial charge in [0, 0.05) is 12.4 Å². The summed E-state index contributed by atoms with van der Waals surface area (Å²) < 4.78 is 10.2. The van der Waals surface area contributed by atoms with E-state index >= 15 is 0 Å². The van der Waals surface area contributed by atoms with E-state index in [9.17, 15) is 0 Å². The Labute approximate surface area is 76.2 Å². The minimum atomic E-state index is 0.645. The van der Waals surface area contributed by atoms with Crippen LogP contribution in [-0.2, 0) is 0 Å². The van der Waals surface area contributed by atoms with Crippen LogP contribution in [0.15, 0.2) is 36.7 Å². The van der Waals surface area contributed by atoms with Crippen molar-refractivity contribution in [2.75, 3.05) is 0 Å². The quantitative estimate of drug-likeness (QED) is 0.688. The fourth-order valence-electron chi connectivity index (χ4n) is 0.902. The van der Waals surface area contributed by atoms with Gasteiger partial charge in [0.1, 0.15) is 0 Å². The second-order valence-electron chi connectivity index (χ2n) is 2.40. The van der Waals surface area contributed by atoms with Gasteiger partial charge in [0.25, 0.3) is 0 Å². The molecule has 2 N–H and O–H groups in total. The van der Waals surface area contributed by atoms with Crippen LogP contribution in [0, 0.1) is 0 Å². The van der Waals surface area contributed by atoms with Crippen LogP contribution in [0.5, 0.6) is 11.8 Å². The maximum absolute atomic E-state index is 5.10. The number of rotatable bonds is 4. The van der Waals surface area contributed by atoms with E-state index in [2.05, 4.69) is 9.97 Å². The minimum absolute atomic E-state index is 0.645. The van der Waals surface area contributed by atoms with Crippen molar-refractivity contribution in [1.29, 1.82) is 0 Å². The molecule has 1 radical (unpaired) electrons.